The summed E-state index contributed by atoms with van der Waals surface area (Å²) in [7, 11) is 3.00. The normalized spacial score (nSPS) is 11.1. The smallest absolute Gasteiger partial charge is 0.332 e. The van der Waals surface area contributed by atoms with Crippen LogP contribution in [0.5, 0.6) is 0 Å². The van der Waals surface area contributed by atoms with Gasteiger partial charge < -0.3 is 15.0 Å². The summed E-state index contributed by atoms with van der Waals surface area (Å²) in [5.74, 6) is 0.478. The Labute approximate surface area is 109 Å². The van der Waals surface area contributed by atoms with Gasteiger partial charge in [0.25, 0.3) is 5.56 Å². The van der Waals surface area contributed by atoms with Crippen LogP contribution < -0.4 is 16.6 Å². The maximum atomic E-state index is 12.1. The highest BCUT2D eigenvalue weighted by atomic mass is 16.5. The average molecular weight is 267 g/mol. The Morgan fingerprint density at radius 3 is 2.79 bits per heavy atom. The molecule has 0 amide bonds. The van der Waals surface area contributed by atoms with E-state index in [1.165, 1.54) is 11.6 Å². The summed E-state index contributed by atoms with van der Waals surface area (Å²) < 4.78 is 7.46. The SMILES string of the molecule is CCNc1nc2c([nH]1)c(=O)n(C)c(=O)n2CCOC. The predicted octanol–water partition coefficient (Wildman–Crippen LogP) is -0.498. The largest absolute Gasteiger partial charge is 0.383 e. The summed E-state index contributed by atoms with van der Waals surface area (Å²) in [6.07, 6.45) is 0. The Morgan fingerprint density at radius 2 is 2.16 bits per heavy atom. The van der Waals surface area contributed by atoms with Crippen LogP contribution >= 0.6 is 0 Å². The summed E-state index contributed by atoms with van der Waals surface area (Å²) >= 11 is 0. The van der Waals surface area contributed by atoms with Gasteiger partial charge in [0, 0.05) is 20.7 Å². The van der Waals surface area contributed by atoms with Crippen molar-refractivity contribution >= 4 is 17.1 Å². The fraction of sp³-hybridized carbons (Fsp3) is 0.545. The molecule has 0 fully saturated rings. The summed E-state index contributed by atoms with van der Waals surface area (Å²) in [4.78, 5) is 31.2. The number of nitrogens with one attached hydrogen (secondary N) is 2. The molecular weight excluding hydrogens is 250 g/mol. The number of anilines is 1. The number of aromatic nitrogens is 4. The highest BCUT2D eigenvalue weighted by Crippen LogP contribution is 2.08. The first kappa shape index (κ1) is 13.3. The number of aromatic amines is 1. The zero-order chi connectivity index (χ0) is 14.0. The van der Waals surface area contributed by atoms with Gasteiger partial charge >= 0.3 is 5.69 Å². The number of rotatable bonds is 5. The molecule has 2 aromatic heterocycles. The molecule has 0 atom stereocenters. The van der Waals surface area contributed by atoms with Crippen molar-refractivity contribution in [3.63, 3.8) is 0 Å². The van der Waals surface area contributed by atoms with Crippen molar-refractivity contribution < 1.29 is 4.74 Å². The van der Waals surface area contributed by atoms with E-state index in [1.807, 2.05) is 6.92 Å². The Morgan fingerprint density at radius 1 is 1.42 bits per heavy atom. The molecule has 104 valence electrons. The van der Waals surface area contributed by atoms with Gasteiger partial charge in [-0.25, -0.2) is 4.79 Å². The molecule has 0 aliphatic heterocycles. The topological polar surface area (TPSA) is 93.9 Å². The van der Waals surface area contributed by atoms with Crippen molar-refractivity contribution in [3.05, 3.63) is 20.8 Å². The Bertz CT molecular complexity index is 697. The minimum absolute atomic E-state index is 0.314. The van der Waals surface area contributed by atoms with Crippen LogP contribution in [-0.4, -0.2) is 39.4 Å². The third kappa shape index (κ3) is 2.26. The number of fused-ring (bicyclic) bond motifs is 1. The van der Waals surface area contributed by atoms with Crippen LogP contribution in [-0.2, 0) is 18.3 Å². The molecule has 0 aliphatic rings. The molecule has 0 unspecified atom stereocenters. The van der Waals surface area contributed by atoms with Crippen molar-refractivity contribution in [2.45, 2.75) is 13.5 Å². The van der Waals surface area contributed by atoms with Gasteiger partial charge in [-0.15, -0.1) is 0 Å². The Hall–Kier alpha value is -2.09. The third-order valence-electron chi connectivity index (χ3n) is 2.84. The van der Waals surface area contributed by atoms with E-state index in [0.717, 1.165) is 4.57 Å². The van der Waals surface area contributed by atoms with Gasteiger partial charge in [-0.2, -0.15) is 4.98 Å². The first-order chi connectivity index (χ1) is 9.10. The van der Waals surface area contributed by atoms with E-state index in [0.29, 0.717) is 36.8 Å². The first-order valence-corrected chi connectivity index (χ1v) is 6.02. The second-order valence-corrected chi connectivity index (χ2v) is 4.11. The molecule has 2 aromatic rings. The Kier molecular flexibility index (Phi) is 3.70. The molecule has 0 aromatic carbocycles. The fourth-order valence-corrected chi connectivity index (χ4v) is 1.87. The van der Waals surface area contributed by atoms with Crippen molar-refractivity contribution in [1.29, 1.82) is 0 Å². The van der Waals surface area contributed by atoms with Gasteiger partial charge in [-0.3, -0.25) is 13.9 Å². The quantitative estimate of drug-likeness (QED) is 0.761. The van der Waals surface area contributed by atoms with E-state index in [4.69, 9.17) is 4.74 Å². The van der Waals surface area contributed by atoms with Crippen molar-refractivity contribution in [2.75, 3.05) is 25.6 Å². The van der Waals surface area contributed by atoms with E-state index in [9.17, 15) is 9.59 Å². The Balaban J connectivity index is 2.70. The van der Waals surface area contributed by atoms with Gasteiger partial charge in [0.15, 0.2) is 11.2 Å². The second kappa shape index (κ2) is 5.27. The van der Waals surface area contributed by atoms with E-state index in [1.54, 1.807) is 7.11 Å². The first-order valence-electron chi connectivity index (χ1n) is 6.02. The number of hydrogen-bond acceptors (Lipinski definition) is 5. The summed E-state index contributed by atoms with van der Waals surface area (Å²) in [6.45, 7) is 3.30. The summed E-state index contributed by atoms with van der Waals surface area (Å²) in [6, 6.07) is 0. The standard InChI is InChI=1S/C11H17N5O3/c1-4-12-10-13-7-8(14-10)16(5-6-19-3)11(18)15(2)9(7)17/h4-6H2,1-3H3,(H2,12,13,14). The maximum Gasteiger partial charge on any atom is 0.332 e. The minimum atomic E-state index is -0.399. The number of hydrogen-bond donors (Lipinski definition) is 2. The van der Waals surface area contributed by atoms with Gasteiger partial charge in [-0.1, -0.05) is 0 Å². The molecule has 8 nitrogen and oxygen atoms in total. The van der Waals surface area contributed by atoms with Gasteiger partial charge in [0.05, 0.1) is 13.2 Å². The molecule has 0 saturated carbocycles. The number of ether oxygens (including phenoxy) is 1. The third-order valence-corrected chi connectivity index (χ3v) is 2.84. The van der Waals surface area contributed by atoms with Crippen molar-refractivity contribution in [2.24, 2.45) is 7.05 Å². The highest BCUT2D eigenvalue weighted by Gasteiger charge is 2.14. The molecule has 0 saturated heterocycles. The van der Waals surface area contributed by atoms with Crippen LogP contribution in [0.15, 0.2) is 9.59 Å². The summed E-state index contributed by atoms with van der Waals surface area (Å²) in [5, 5.41) is 2.98. The molecule has 2 rings (SSSR count). The van der Waals surface area contributed by atoms with E-state index >= 15 is 0 Å². The predicted molar refractivity (Wildman–Crippen MR) is 71.6 cm³/mol. The molecule has 19 heavy (non-hydrogen) atoms. The molecule has 0 bridgehead atoms. The van der Waals surface area contributed by atoms with E-state index < -0.39 is 5.69 Å². The van der Waals surface area contributed by atoms with Crippen LogP contribution in [0.2, 0.25) is 0 Å². The minimum Gasteiger partial charge on any atom is -0.383 e. The lowest BCUT2D eigenvalue weighted by atomic mass is 10.5. The second-order valence-electron chi connectivity index (χ2n) is 4.11. The zero-order valence-corrected chi connectivity index (χ0v) is 11.2. The van der Waals surface area contributed by atoms with Crippen LogP contribution in [0.1, 0.15) is 6.92 Å². The maximum absolute atomic E-state index is 12.1. The van der Waals surface area contributed by atoms with Crippen molar-refractivity contribution in [3.8, 4) is 0 Å². The summed E-state index contributed by atoms with van der Waals surface area (Å²) in [5.41, 5.74) is -0.121. The highest BCUT2D eigenvalue weighted by molar-refractivity contribution is 5.72. The van der Waals surface area contributed by atoms with Gasteiger partial charge in [0.1, 0.15) is 0 Å². The monoisotopic (exact) mass is 267 g/mol. The van der Waals surface area contributed by atoms with Gasteiger partial charge in [-0.05, 0) is 6.92 Å². The average Bonchev–Trinajstić information content (AvgIpc) is 2.80. The molecule has 0 aliphatic carbocycles. The van der Waals surface area contributed by atoms with Crippen LogP contribution in [0.4, 0.5) is 5.95 Å². The molecule has 0 spiro atoms. The van der Waals surface area contributed by atoms with Crippen molar-refractivity contribution in [1.82, 2.24) is 19.1 Å². The van der Waals surface area contributed by atoms with Crippen LogP contribution in [0.25, 0.3) is 11.2 Å². The van der Waals surface area contributed by atoms with E-state index in [-0.39, 0.29) is 5.56 Å². The van der Waals surface area contributed by atoms with Crippen LogP contribution in [0, 0.1) is 0 Å². The van der Waals surface area contributed by atoms with Gasteiger partial charge in [0.2, 0.25) is 5.95 Å². The molecule has 2 heterocycles. The number of H-pyrrole nitrogens is 1. The molecule has 8 heteroatoms. The zero-order valence-electron chi connectivity index (χ0n) is 11.2. The van der Waals surface area contributed by atoms with Crippen LogP contribution in [0.3, 0.4) is 0 Å². The lowest BCUT2D eigenvalue weighted by Gasteiger charge is -2.07. The number of nitrogens with zero attached hydrogens (tertiary/aromatic N) is 3. The van der Waals surface area contributed by atoms with E-state index in [2.05, 4.69) is 15.3 Å². The fourth-order valence-electron chi connectivity index (χ4n) is 1.87. The lowest BCUT2D eigenvalue weighted by Crippen LogP contribution is -2.38. The molecule has 2 N–H and O–H groups in total. The lowest BCUT2D eigenvalue weighted by molar-refractivity contribution is 0.186. The molecule has 0 radical (unpaired) electrons. The molecular formula is C11H17N5O3. The number of methoxy groups -OCH3 is 1. The number of imidazole rings is 1.